The van der Waals surface area contributed by atoms with Gasteiger partial charge in [-0.25, -0.2) is 0 Å². The molecule has 13 heavy (non-hydrogen) atoms. The molecule has 1 aromatic rings. The Balaban J connectivity index is 2.80. The van der Waals surface area contributed by atoms with Crippen LogP contribution < -0.4 is 0 Å². The largest absolute Gasteiger partial charge is 0.353 e. The van der Waals surface area contributed by atoms with Gasteiger partial charge < -0.3 is 4.57 Å². The van der Waals surface area contributed by atoms with Crippen molar-refractivity contribution < 1.29 is 0 Å². The first kappa shape index (κ1) is 10.4. The molecule has 0 bridgehead atoms. The lowest BCUT2D eigenvalue weighted by Crippen LogP contribution is -2.01. The summed E-state index contributed by atoms with van der Waals surface area (Å²) in [6.07, 6.45) is 6.93. The molecule has 0 amide bonds. The molecule has 0 aliphatic carbocycles. The van der Waals surface area contributed by atoms with E-state index in [2.05, 4.69) is 44.7 Å². The molecule has 0 aromatic carbocycles. The number of nitrogens with zero attached hydrogens (tertiary/aromatic N) is 1. The molecular weight excluding hydrogens is 158 g/mol. The fraction of sp³-hybridized carbons (Fsp3) is 0.667. The molecule has 1 heteroatoms. The van der Waals surface area contributed by atoms with Crippen LogP contribution in [-0.2, 0) is 19.4 Å². The molecule has 0 N–H and O–H groups in total. The molecule has 0 fully saturated rings. The van der Waals surface area contributed by atoms with E-state index in [1.54, 1.807) is 0 Å². The van der Waals surface area contributed by atoms with E-state index in [0.29, 0.717) is 0 Å². The average Bonchev–Trinajstić information content (AvgIpc) is 2.45. The Morgan fingerprint density at radius 3 is 1.85 bits per heavy atom. The molecule has 0 unspecified atom stereocenters. The Hall–Kier alpha value is -0.720. The zero-order chi connectivity index (χ0) is 9.84. The van der Waals surface area contributed by atoms with Crippen LogP contribution >= 0.6 is 0 Å². The molecule has 0 aliphatic rings. The smallest absolute Gasteiger partial charge is 0.0242 e. The first-order chi connectivity index (χ1) is 6.17. The molecule has 1 aromatic heterocycles. The lowest BCUT2D eigenvalue weighted by Gasteiger charge is -2.04. The zero-order valence-electron chi connectivity index (χ0n) is 9.30. The van der Waals surface area contributed by atoms with E-state index in [1.165, 1.54) is 11.1 Å². The van der Waals surface area contributed by atoms with Gasteiger partial charge in [0, 0.05) is 18.9 Å². The molecule has 0 saturated carbocycles. The minimum Gasteiger partial charge on any atom is -0.353 e. The van der Waals surface area contributed by atoms with E-state index in [-0.39, 0.29) is 0 Å². The van der Waals surface area contributed by atoms with Gasteiger partial charge in [0.05, 0.1) is 0 Å². The van der Waals surface area contributed by atoms with E-state index >= 15 is 0 Å². The highest BCUT2D eigenvalue weighted by molar-refractivity contribution is 5.24. The van der Waals surface area contributed by atoms with Crippen molar-refractivity contribution >= 4 is 0 Å². The van der Waals surface area contributed by atoms with Gasteiger partial charge in [-0.1, -0.05) is 27.7 Å². The van der Waals surface area contributed by atoms with Crippen molar-refractivity contribution in [1.29, 1.82) is 0 Å². The summed E-state index contributed by atoms with van der Waals surface area (Å²) in [6, 6.07) is 0. The van der Waals surface area contributed by atoms with E-state index < -0.39 is 0 Å². The van der Waals surface area contributed by atoms with Crippen LogP contribution in [-0.4, -0.2) is 4.57 Å². The van der Waals surface area contributed by atoms with Crippen LogP contribution in [0.25, 0.3) is 0 Å². The number of hydrogen-bond donors (Lipinski definition) is 0. The van der Waals surface area contributed by atoms with Gasteiger partial charge in [0.2, 0.25) is 0 Å². The normalized spacial score (nSPS) is 11.2. The molecule has 0 aliphatic heterocycles. The highest BCUT2D eigenvalue weighted by atomic mass is 14.9. The molecule has 1 heterocycles. The molecule has 0 spiro atoms. The number of hydrogen-bond acceptors (Lipinski definition) is 0. The standard InChI is InChI=1S/C12H21N/c1-5-11-8-13(7-10(3)4)9-12(11)6-2/h8-10H,5-7H2,1-4H3. The van der Waals surface area contributed by atoms with Crippen molar-refractivity contribution in [2.45, 2.75) is 47.1 Å². The van der Waals surface area contributed by atoms with Crippen LogP contribution in [0.2, 0.25) is 0 Å². The predicted octanol–water partition coefficient (Wildman–Crippen LogP) is 3.27. The van der Waals surface area contributed by atoms with E-state index in [9.17, 15) is 0 Å². The molecule has 0 atom stereocenters. The maximum absolute atomic E-state index is 2.34. The summed E-state index contributed by atoms with van der Waals surface area (Å²) in [5.74, 6) is 0.738. The van der Waals surface area contributed by atoms with Crippen molar-refractivity contribution in [1.82, 2.24) is 4.57 Å². The second kappa shape index (κ2) is 4.50. The molecule has 1 nitrogen and oxygen atoms in total. The predicted molar refractivity (Wildman–Crippen MR) is 58.0 cm³/mol. The number of rotatable bonds is 4. The van der Waals surface area contributed by atoms with Crippen LogP contribution in [0.1, 0.15) is 38.8 Å². The third-order valence-corrected chi connectivity index (χ3v) is 2.39. The number of aromatic nitrogens is 1. The van der Waals surface area contributed by atoms with Crippen LogP contribution in [0, 0.1) is 5.92 Å². The van der Waals surface area contributed by atoms with Crippen molar-refractivity contribution in [3.8, 4) is 0 Å². The van der Waals surface area contributed by atoms with Gasteiger partial charge in [0.25, 0.3) is 0 Å². The summed E-state index contributed by atoms with van der Waals surface area (Å²) in [5.41, 5.74) is 3.03. The summed E-state index contributed by atoms with van der Waals surface area (Å²) in [4.78, 5) is 0. The SMILES string of the molecule is CCc1cn(CC(C)C)cc1CC. The average molecular weight is 179 g/mol. The fourth-order valence-corrected chi connectivity index (χ4v) is 1.77. The lowest BCUT2D eigenvalue weighted by atomic mass is 10.1. The maximum atomic E-state index is 2.34. The van der Waals surface area contributed by atoms with Gasteiger partial charge in [0.15, 0.2) is 0 Å². The Bertz CT molecular complexity index is 237. The highest BCUT2D eigenvalue weighted by Gasteiger charge is 2.03. The first-order valence-electron chi connectivity index (χ1n) is 5.34. The van der Waals surface area contributed by atoms with Gasteiger partial charge in [-0.05, 0) is 29.9 Å². The zero-order valence-corrected chi connectivity index (χ0v) is 9.30. The highest BCUT2D eigenvalue weighted by Crippen LogP contribution is 2.13. The van der Waals surface area contributed by atoms with Crippen molar-refractivity contribution in [2.24, 2.45) is 5.92 Å². The molecular formula is C12H21N. The Kier molecular flexibility index (Phi) is 3.58. The topological polar surface area (TPSA) is 4.93 Å². The summed E-state index contributed by atoms with van der Waals surface area (Å²) >= 11 is 0. The Morgan fingerprint density at radius 2 is 1.54 bits per heavy atom. The molecule has 0 radical (unpaired) electrons. The van der Waals surface area contributed by atoms with Crippen molar-refractivity contribution in [3.63, 3.8) is 0 Å². The maximum Gasteiger partial charge on any atom is 0.0242 e. The monoisotopic (exact) mass is 179 g/mol. The minimum absolute atomic E-state index is 0.738. The third-order valence-electron chi connectivity index (χ3n) is 2.39. The van der Waals surface area contributed by atoms with Crippen LogP contribution in [0.15, 0.2) is 12.4 Å². The summed E-state index contributed by atoms with van der Waals surface area (Å²) in [7, 11) is 0. The second-order valence-electron chi connectivity index (χ2n) is 4.11. The third kappa shape index (κ3) is 2.61. The van der Waals surface area contributed by atoms with Gasteiger partial charge in [-0.15, -0.1) is 0 Å². The number of aryl methyl sites for hydroxylation is 2. The fourth-order valence-electron chi connectivity index (χ4n) is 1.77. The first-order valence-corrected chi connectivity index (χ1v) is 5.34. The second-order valence-corrected chi connectivity index (χ2v) is 4.11. The lowest BCUT2D eigenvalue weighted by molar-refractivity contribution is 0.524. The van der Waals surface area contributed by atoms with E-state index in [1.807, 2.05) is 0 Å². The quantitative estimate of drug-likeness (QED) is 0.668. The summed E-state index contributed by atoms with van der Waals surface area (Å²) in [6.45, 7) is 10.1. The van der Waals surface area contributed by atoms with Crippen LogP contribution in [0.4, 0.5) is 0 Å². The van der Waals surface area contributed by atoms with Crippen LogP contribution in [0.5, 0.6) is 0 Å². The Labute approximate surface area is 81.8 Å². The van der Waals surface area contributed by atoms with Gasteiger partial charge >= 0.3 is 0 Å². The molecule has 0 saturated heterocycles. The van der Waals surface area contributed by atoms with Crippen LogP contribution in [0.3, 0.4) is 0 Å². The summed E-state index contributed by atoms with van der Waals surface area (Å²) < 4.78 is 2.34. The van der Waals surface area contributed by atoms with Gasteiger partial charge in [0.1, 0.15) is 0 Å². The Morgan fingerprint density at radius 1 is 1.08 bits per heavy atom. The molecule has 1 rings (SSSR count). The van der Waals surface area contributed by atoms with E-state index in [4.69, 9.17) is 0 Å². The van der Waals surface area contributed by atoms with E-state index in [0.717, 1.165) is 25.3 Å². The minimum atomic E-state index is 0.738. The van der Waals surface area contributed by atoms with Crippen molar-refractivity contribution in [2.75, 3.05) is 0 Å². The van der Waals surface area contributed by atoms with Gasteiger partial charge in [-0.2, -0.15) is 0 Å². The molecule has 74 valence electrons. The summed E-state index contributed by atoms with van der Waals surface area (Å²) in [5, 5.41) is 0. The van der Waals surface area contributed by atoms with Gasteiger partial charge in [-0.3, -0.25) is 0 Å². The van der Waals surface area contributed by atoms with Crippen molar-refractivity contribution in [3.05, 3.63) is 23.5 Å².